The van der Waals surface area contributed by atoms with Gasteiger partial charge in [-0.3, -0.25) is 0 Å². The molecule has 0 amide bonds. The molecule has 2 heterocycles. The van der Waals surface area contributed by atoms with Crippen LogP contribution in [0.4, 0.5) is 32.3 Å². The maximum Gasteiger partial charge on any atom is 0.416 e. The first-order chi connectivity index (χ1) is 18.8. The summed E-state index contributed by atoms with van der Waals surface area (Å²) in [7, 11) is 1.44. The Morgan fingerprint density at radius 3 is 2.17 bits per heavy atom. The highest BCUT2D eigenvalue weighted by molar-refractivity contribution is 5.90. The van der Waals surface area contributed by atoms with E-state index in [0.717, 1.165) is 31.7 Å². The normalized spacial score (nSPS) is 13.8. The third kappa shape index (κ3) is 8.29. The Kier molecular flexibility index (Phi) is 9.93. The molecule has 216 valence electrons. The van der Waals surface area contributed by atoms with E-state index >= 15 is 0 Å². The number of ether oxygens (including phenoxy) is 1. The summed E-state index contributed by atoms with van der Waals surface area (Å²) in [4.78, 5) is 21.9. The third-order valence-corrected chi connectivity index (χ3v) is 5.70. The predicted molar refractivity (Wildman–Crippen MR) is 135 cm³/mol. The largest absolute Gasteiger partial charge is 0.477 e. The number of para-hydroxylation sites is 1. The van der Waals surface area contributed by atoms with Crippen LogP contribution in [0, 0.1) is 6.92 Å². The lowest BCUT2D eigenvalue weighted by molar-refractivity contribution is -0.143. The zero-order valence-corrected chi connectivity index (χ0v) is 21.5. The van der Waals surface area contributed by atoms with Crippen molar-refractivity contribution in [3.05, 3.63) is 76.5 Å². The fourth-order valence-electron chi connectivity index (χ4n) is 3.70. The lowest BCUT2D eigenvalue weighted by atomic mass is 10.0. The summed E-state index contributed by atoms with van der Waals surface area (Å²) >= 11 is 0. The van der Waals surface area contributed by atoms with Gasteiger partial charge in [-0.05, 0) is 49.4 Å². The van der Waals surface area contributed by atoms with Crippen molar-refractivity contribution in [3.8, 4) is 11.6 Å². The number of rotatable bonds is 6. The second kappa shape index (κ2) is 13.0. The third-order valence-electron chi connectivity index (χ3n) is 5.70. The standard InChI is InChI=1S/C16H18N4O3.C10H9F6N/c1-11-4-2-3-5-13(11)23-14-12(15(21)22)10-18-16(19-14)20-8-6-17-7-9-20;1-17-5-6-2-7(9(11,12)13)4-8(3-6)10(14,15)16/h2-5,10,17H,6-9H2,1H3,(H,21,22);2-4,17H,5H2,1H3. The Balaban J connectivity index is 0.000000232. The molecule has 0 spiro atoms. The van der Waals surface area contributed by atoms with Crippen molar-refractivity contribution in [2.24, 2.45) is 0 Å². The Morgan fingerprint density at radius 1 is 1.05 bits per heavy atom. The highest BCUT2D eigenvalue weighted by atomic mass is 19.4. The molecular weight excluding hydrogens is 544 g/mol. The molecule has 3 aromatic rings. The zero-order chi connectivity index (χ0) is 29.5. The molecule has 0 atom stereocenters. The molecule has 14 heteroatoms. The summed E-state index contributed by atoms with van der Waals surface area (Å²) < 4.78 is 80.1. The lowest BCUT2D eigenvalue weighted by Gasteiger charge is -2.27. The van der Waals surface area contributed by atoms with Gasteiger partial charge in [0.2, 0.25) is 11.8 Å². The lowest BCUT2D eigenvalue weighted by Crippen LogP contribution is -2.44. The molecule has 1 aliphatic heterocycles. The number of nitrogens with one attached hydrogen (secondary N) is 2. The quantitative estimate of drug-likeness (QED) is 0.351. The van der Waals surface area contributed by atoms with Crippen LogP contribution >= 0.6 is 0 Å². The number of halogens is 6. The molecule has 40 heavy (non-hydrogen) atoms. The molecule has 0 bridgehead atoms. The fraction of sp³-hybridized carbons (Fsp3) is 0.346. The van der Waals surface area contributed by atoms with Crippen LogP contribution in [0.3, 0.4) is 0 Å². The van der Waals surface area contributed by atoms with Crippen molar-refractivity contribution >= 4 is 11.9 Å². The Morgan fingerprint density at radius 2 is 1.65 bits per heavy atom. The number of aromatic carboxylic acids is 1. The van der Waals surface area contributed by atoms with E-state index in [1.165, 1.54) is 13.2 Å². The average molecular weight is 572 g/mol. The maximum absolute atomic E-state index is 12.4. The minimum atomic E-state index is -4.79. The van der Waals surface area contributed by atoms with Crippen molar-refractivity contribution in [2.45, 2.75) is 25.8 Å². The number of piperazine rings is 1. The first-order valence-corrected chi connectivity index (χ1v) is 12.0. The molecule has 1 aromatic heterocycles. The van der Waals surface area contributed by atoms with Crippen molar-refractivity contribution < 1.29 is 41.0 Å². The van der Waals surface area contributed by atoms with Gasteiger partial charge < -0.3 is 25.4 Å². The van der Waals surface area contributed by atoms with Gasteiger partial charge in [0.1, 0.15) is 11.3 Å². The van der Waals surface area contributed by atoms with Gasteiger partial charge in [-0.25, -0.2) is 9.78 Å². The van der Waals surface area contributed by atoms with Crippen molar-refractivity contribution in [3.63, 3.8) is 0 Å². The molecule has 0 radical (unpaired) electrons. The number of hydrogen-bond donors (Lipinski definition) is 3. The van der Waals surface area contributed by atoms with Crippen LogP contribution in [0.1, 0.15) is 32.6 Å². The number of carboxylic acids is 1. The maximum atomic E-state index is 12.4. The van der Waals surface area contributed by atoms with E-state index < -0.39 is 29.4 Å². The van der Waals surface area contributed by atoms with Crippen LogP contribution in [-0.2, 0) is 18.9 Å². The van der Waals surface area contributed by atoms with Gasteiger partial charge in [-0.2, -0.15) is 31.3 Å². The SMILES string of the molecule is CNCc1cc(C(F)(F)F)cc(C(F)(F)F)c1.Cc1ccccc1Oc1nc(N2CCNCC2)ncc1C(=O)O. The van der Waals surface area contributed by atoms with Gasteiger partial charge in [0.25, 0.3) is 0 Å². The molecule has 4 rings (SSSR count). The molecular formula is C26H27F6N5O3. The summed E-state index contributed by atoms with van der Waals surface area (Å²) in [5.74, 6) is 0.0239. The minimum Gasteiger partial charge on any atom is -0.477 e. The Hall–Kier alpha value is -3.91. The van der Waals surface area contributed by atoms with E-state index in [9.17, 15) is 36.2 Å². The van der Waals surface area contributed by atoms with E-state index in [-0.39, 0.29) is 29.6 Å². The van der Waals surface area contributed by atoms with Crippen molar-refractivity contribution in [1.29, 1.82) is 0 Å². The van der Waals surface area contributed by atoms with Crippen LogP contribution in [0.2, 0.25) is 0 Å². The number of benzene rings is 2. The molecule has 0 unspecified atom stereocenters. The second-order valence-electron chi connectivity index (χ2n) is 8.74. The predicted octanol–water partition coefficient (Wildman–Crippen LogP) is 5.13. The number of carbonyl (C=O) groups is 1. The van der Waals surface area contributed by atoms with Crippen molar-refractivity contribution in [1.82, 2.24) is 20.6 Å². The van der Waals surface area contributed by atoms with Crippen LogP contribution in [-0.4, -0.2) is 54.3 Å². The number of nitrogens with zero attached hydrogens (tertiary/aromatic N) is 3. The number of aryl methyl sites for hydroxylation is 1. The van der Waals surface area contributed by atoms with Gasteiger partial charge in [-0.1, -0.05) is 18.2 Å². The Labute approximate surface area is 226 Å². The summed E-state index contributed by atoms with van der Waals surface area (Å²) in [5, 5.41) is 15.1. The van der Waals surface area contributed by atoms with Crippen LogP contribution in [0.25, 0.3) is 0 Å². The van der Waals surface area contributed by atoms with Gasteiger partial charge >= 0.3 is 18.3 Å². The number of carboxylic acid groups (broad SMARTS) is 1. The van der Waals surface area contributed by atoms with E-state index in [2.05, 4.69) is 20.6 Å². The number of alkyl halides is 6. The van der Waals surface area contributed by atoms with E-state index in [1.54, 1.807) is 6.07 Å². The monoisotopic (exact) mass is 571 g/mol. The first kappa shape index (κ1) is 30.6. The minimum absolute atomic E-state index is 0.0489. The number of hydrogen-bond acceptors (Lipinski definition) is 7. The molecule has 0 aliphatic carbocycles. The van der Waals surface area contributed by atoms with Gasteiger partial charge in [0.05, 0.1) is 17.3 Å². The van der Waals surface area contributed by atoms with Crippen LogP contribution < -0.4 is 20.3 Å². The molecule has 1 saturated heterocycles. The molecule has 8 nitrogen and oxygen atoms in total. The Bertz CT molecular complexity index is 1280. The molecule has 1 fully saturated rings. The molecule has 2 aromatic carbocycles. The van der Waals surface area contributed by atoms with E-state index in [1.807, 2.05) is 30.0 Å². The summed E-state index contributed by atoms with van der Waals surface area (Å²) in [6.07, 6.45) is -8.27. The summed E-state index contributed by atoms with van der Waals surface area (Å²) in [6, 6.07) is 8.92. The highest BCUT2D eigenvalue weighted by Crippen LogP contribution is 2.36. The first-order valence-electron chi connectivity index (χ1n) is 12.0. The van der Waals surface area contributed by atoms with Crippen LogP contribution in [0.5, 0.6) is 11.6 Å². The number of aromatic nitrogens is 2. The van der Waals surface area contributed by atoms with Gasteiger partial charge in [0, 0.05) is 32.7 Å². The van der Waals surface area contributed by atoms with E-state index in [4.69, 9.17) is 4.74 Å². The summed E-state index contributed by atoms with van der Waals surface area (Å²) in [6.45, 7) is 5.07. The summed E-state index contributed by atoms with van der Waals surface area (Å²) in [5.41, 5.74) is -1.79. The molecule has 3 N–H and O–H groups in total. The van der Waals surface area contributed by atoms with Gasteiger partial charge in [0.15, 0.2) is 0 Å². The molecule has 0 saturated carbocycles. The molecule has 1 aliphatic rings. The van der Waals surface area contributed by atoms with Crippen molar-refractivity contribution in [2.75, 3.05) is 38.1 Å². The fourth-order valence-corrected chi connectivity index (χ4v) is 3.70. The highest BCUT2D eigenvalue weighted by Gasteiger charge is 2.36. The smallest absolute Gasteiger partial charge is 0.416 e. The number of anilines is 1. The topological polar surface area (TPSA) is 99.6 Å². The van der Waals surface area contributed by atoms with Crippen LogP contribution in [0.15, 0.2) is 48.7 Å². The van der Waals surface area contributed by atoms with Gasteiger partial charge in [-0.15, -0.1) is 0 Å². The zero-order valence-electron chi connectivity index (χ0n) is 21.5. The van der Waals surface area contributed by atoms with E-state index in [0.29, 0.717) is 23.8 Å². The average Bonchev–Trinajstić information content (AvgIpc) is 2.90. The second-order valence-corrected chi connectivity index (χ2v) is 8.74.